The fraction of sp³-hybridized carbons (Fsp3) is 0.810. The molecule has 1 aromatic heterocycles. The first kappa shape index (κ1) is 19.6. The molecule has 2 saturated heterocycles. The van der Waals surface area contributed by atoms with Gasteiger partial charge in [0.25, 0.3) is 5.56 Å². The van der Waals surface area contributed by atoms with Crippen molar-refractivity contribution < 1.29 is 0 Å². The van der Waals surface area contributed by atoms with Crippen LogP contribution in [0.2, 0.25) is 0 Å². The van der Waals surface area contributed by atoms with E-state index < -0.39 is 0 Å². The van der Waals surface area contributed by atoms with Gasteiger partial charge in [0, 0.05) is 18.7 Å². The summed E-state index contributed by atoms with van der Waals surface area (Å²) in [6.45, 7) is 9.82. The Morgan fingerprint density at radius 2 is 1.92 bits per heavy atom. The topological polar surface area (TPSA) is 41.4 Å². The number of hydrogen-bond acceptors (Lipinski definition) is 4. The zero-order chi connectivity index (χ0) is 18.5. The lowest BCUT2D eigenvalue weighted by molar-refractivity contribution is 0.130. The number of hydrogen-bond donors (Lipinski definition) is 0. The predicted molar refractivity (Wildman–Crippen MR) is 107 cm³/mol. The van der Waals surface area contributed by atoms with E-state index in [1.54, 1.807) is 12.4 Å². The summed E-state index contributed by atoms with van der Waals surface area (Å²) in [5.41, 5.74) is 1.00. The monoisotopic (exact) mass is 360 g/mol. The second kappa shape index (κ2) is 9.14. The fourth-order valence-corrected chi connectivity index (χ4v) is 4.40. The summed E-state index contributed by atoms with van der Waals surface area (Å²) in [5, 5.41) is 0. The van der Waals surface area contributed by atoms with Crippen molar-refractivity contribution in [2.45, 2.75) is 70.9 Å². The Labute approximate surface area is 158 Å². The van der Waals surface area contributed by atoms with Crippen molar-refractivity contribution in [2.75, 3.05) is 33.2 Å². The van der Waals surface area contributed by atoms with Crippen molar-refractivity contribution in [3.63, 3.8) is 0 Å². The van der Waals surface area contributed by atoms with Gasteiger partial charge in [-0.2, -0.15) is 0 Å². The Hall–Kier alpha value is -1.20. The molecule has 0 radical (unpaired) electrons. The molecule has 0 aromatic carbocycles. The average Bonchev–Trinajstić information content (AvgIpc) is 2.64. The third-order valence-electron chi connectivity index (χ3n) is 6.35. The molecule has 146 valence electrons. The maximum atomic E-state index is 12.3. The molecule has 0 saturated carbocycles. The SMILES string of the molecule is CC(C)c1cc(=O)n(CC2CCN(CCC3CCCCN3C)CC2)cn1. The van der Waals surface area contributed by atoms with Crippen LogP contribution in [0.25, 0.3) is 0 Å². The van der Waals surface area contributed by atoms with Gasteiger partial charge >= 0.3 is 0 Å². The Balaban J connectivity index is 1.43. The van der Waals surface area contributed by atoms with Crippen LogP contribution in [0.4, 0.5) is 0 Å². The van der Waals surface area contributed by atoms with Gasteiger partial charge in [0.15, 0.2) is 0 Å². The highest BCUT2D eigenvalue weighted by Crippen LogP contribution is 2.22. The lowest BCUT2D eigenvalue weighted by Crippen LogP contribution is -2.41. The second-order valence-electron chi connectivity index (χ2n) is 8.66. The van der Waals surface area contributed by atoms with E-state index in [-0.39, 0.29) is 5.56 Å². The molecule has 3 rings (SSSR count). The summed E-state index contributed by atoms with van der Waals surface area (Å²) in [7, 11) is 2.28. The Morgan fingerprint density at radius 3 is 2.58 bits per heavy atom. The van der Waals surface area contributed by atoms with Gasteiger partial charge in [-0.25, -0.2) is 4.98 Å². The number of likely N-dealkylation sites (tertiary alicyclic amines) is 2. The van der Waals surface area contributed by atoms with Crippen LogP contribution in [0.1, 0.15) is 64.0 Å². The van der Waals surface area contributed by atoms with Gasteiger partial charge in [-0.1, -0.05) is 20.3 Å². The van der Waals surface area contributed by atoms with E-state index in [9.17, 15) is 4.79 Å². The third-order valence-corrected chi connectivity index (χ3v) is 6.35. The van der Waals surface area contributed by atoms with Gasteiger partial charge in [0.1, 0.15) is 0 Å². The summed E-state index contributed by atoms with van der Waals surface area (Å²) < 4.78 is 1.81. The highest BCUT2D eigenvalue weighted by atomic mass is 16.1. The van der Waals surface area contributed by atoms with Crippen LogP contribution < -0.4 is 5.56 Å². The third kappa shape index (κ3) is 5.17. The van der Waals surface area contributed by atoms with Crippen molar-refractivity contribution in [1.29, 1.82) is 0 Å². The fourth-order valence-electron chi connectivity index (χ4n) is 4.40. The van der Waals surface area contributed by atoms with Crippen molar-refractivity contribution in [3.8, 4) is 0 Å². The van der Waals surface area contributed by atoms with Gasteiger partial charge in [0.05, 0.1) is 12.0 Å². The zero-order valence-electron chi connectivity index (χ0n) is 16.9. The summed E-state index contributed by atoms with van der Waals surface area (Å²) in [6, 6.07) is 2.49. The van der Waals surface area contributed by atoms with Crippen molar-refractivity contribution in [2.24, 2.45) is 5.92 Å². The van der Waals surface area contributed by atoms with E-state index in [1.165, 1.54) is 64.7 Å². The molecule has 0 amide bonds. The summed E-state index contributed by atoms with van der Waals surface area (Å²) >= 11 is 0. The molecule has 0 bridgehead atoms. The minimum absolute atomic E-state index is 0.103. The normalized spacial score (nSPS) is 23.6. The number of aromatic nitrogens is 2. The first-order valence-corrected chi connectivity index (χ1v) is 10.5. The summed E-state index contributed by atoms with van der Waals surface area (Å²) in [5.74, 6) is 0.914. The maximum absolute atomic E-state index is 12.3. The second-order valence-corrected chi connectivity index (χ2v) is 8.66. The first-order valence-electron chi connectivity index (χ1n) is 10.5. The van der Waals surface area contributed by atoms with Crippen molar-refractivity contribution in [3.05, 3.63) is 28.4 Å². The van der Waals surface area contributed by atoms with E-state index in [1.807, 2.05) is 4.57 Å². The molecule has 0 spiro atoms. The van der Waals surface area contributed by atoms with Crippen LogP contribution in [0.3, 0.4) is 0 Å². The molecule has 5 heteroatoms. The molecule has 5 nitrogen and oxygen atoms in total. The van der Waals surface area contributed by atoms with Crippen LogP contribution in [-0.4, -0.2) is 58.6 Å². The maximum Gasteiger partial charge on any atom is 0.253 e. The molecular formula is C21H36N4O. The van der Waals surface area contributed by atoms with Gasteiger partial charge in [0.2, 0.25) is 0 Å². The summed E-state index contributed by atoms with van der Waals surface area (Å²) in [6.07, 6.45) is 9.58. The van der Waals surface area contributed by atoms with Crippen molar-refractivity contribution >= 4 is 0 Å². The Kier molecular flexibility index (Phi) is 6.87. The molecule has 26 heavy (non-hydrogen) atoms. The molecule has 2 aliphatic rings. The van der Waals surface area contributed by atoms with Gasteiger partial charge in [-0.05, 0) is 77.2 Å². The average molecular weight is 361 g/mol. The highest BCUT2D eigenvalue weighted by Gasteiger charge is 2.23. The lowest BCUT2D eigenvalue weighted by atomic mass is 9.95. The highest BCUT2D eigenvalue weighted by molar-refractivity contribution is 5.04. The van der Waals surface area contributed by atoms with E-state index >= 15 is 0 Å². The van der Waals surface area contributed by atoms with Gasteiger partial charge < -0.3 is 9.80 Å². The summed E-state index contributed by atoms with van der Waals surface area (Å²) in [4.78, 5) is 21.9. The number of piperidine rings is 2. The number of nitrogens with zero attached hydrogens (tertiary/aromatic N) is 4. The predicted octanol–water partition coefficient (Wildman–Crippen LogP) is 2.95. The zero-order valence-corrected chi connectivity index (χ0v) is 16.9. The van der Waals surface area contributed by atoms with Crippen LogP contribution in [0.15, 0.2) is 17.2 Å². The molecule has 2 fully saturated rings. The van der Waals surface area contributed by atoms with Crippen LogP contribution in [-0.2, 0) is 6.54 Å². The standard InChI is InChI=1S/C21H36N4O/c1-17(2)20-14-21(26)25(16-22-20)15-18-7-11-24(12-8-18)13-9-19-6-4-5-10-23(19)3/h14,16-19H,4-13,15H2,1-3H3. The molecule has 0 N–H and O–H groups in total. The van der Waals surface area contributed by atoms with E-state index in [2.05, 4.69) is 35.7 Å². The minimum atomic E-state index is 0.103. The van der Waals surface area contributed by atoms with Gasteiger partial charge in [-0.3, -0.25) is 9.36 Å². The first-order chi connectivity index (χ1) is 12.5. The van der Waals surface area contributed by atoms with Crippen molar-refractivity contribution in [1.82, 2.24) is 19.4 Å². The van der Waals surface area contributed by atoms with E-state index in [0.29, 0.717) is 11.8 Å². The number of rotatable bonds is 6. The quantitative estimate of drug-likeness (QED) is 0.782. The van der Waals surface area contributed by atoms with Crippen LogP contribution in [0.5, 0.6) is 0 Å². The van der Waals surface area contributed by atoms with E-state index in [4.69, 9.17) is 0 Å². The minimum Gasteiger partial charge on any atom is -0.303 e. The molecule has 3 heterocycles. The molecule has 0 aliphatic carbocycles. The Morgan fingerprint density at radius 1 is 1.15 bits per heavy atom. The van der Waals surface area contributed by atoms with E-state index in [0.717, 1.165) is 18.3 Å². The smallest absolute Gasteiger partial charge is 0.253 e. The molecular weight excluding hydrogens is 324 g/mol. The molecule has 1 aromatic rings. The molecule has 1 atom stereocenters. The molecule has 2 aliphatic heterocycles. The molecule has 1 unspecified atom stereocenters. The van der Waals surface area contributed by atoms with Gasteiger partial charge in [-0.15, -0.1) is 0 Å². The lowest BCUT2D eigenvalue weighted by Gasteiger charge is -2.36. The largest absolute Gasteiger partial charge is 0.303 e. The Bertz CT molecular complexity index is 619. The van der Waals surface area contributed by atoms with Crippen LogP contribution in [0, 0.1) is 5.92 Å². The van der Waals surface area contributed by atoms with Crippen LogP contribution >= 0.6 is 0 Å².